The molecule has 7 heteroatoms. The van der Waals surface area contributed by atoms with Gasteiger partial charge in [-0.2, -0.15) is 5.10 Å². The average molecular weight is 467 g/mol. The summed E-state index contributed by atoms with van der Waals surface area (Å²) in [6.07, 6.45) is 2.69. The van der Waals surface area contributed by atoms with Crippen LogP contribution >= 0.6 is 15.9 Å². The van der Waals surface area contributed by atoms with Crippen molar-refractivity contribution >= 4 is 33.6 Å². The van der Waals surface area contributed by atoms with Gasteiger partial charge in [0.2, 0.25) is 11.8 Å². The number of anilines is 1. The summed E-state index contributed by atoms with van der Waals surface area (Å²) >= 11 is 3.44. The Labute approximate surface area is 184 Å². The number of nitrogens with zero attached hydrogens (tertiary/aromatic N) is 3. The number of fused-ring (bicyclic) bond motifs is 1. The van der Waals surface area contributed by atoms with E-state index < -0.39 is 0 Å². The Morgan fingerprint density at radius 3 is 2.67 bits per heavy atom. The molecule has 3 aromatic rings. The topological polar surface area (TPSA) is 67.2 Å². The molecule has 1 aliphatic rings. The molecule has 1 atom stereocenters. The van der Waals surface area contributed by atoms with Crippen LogP contribution in [0.25, 0.3) is 0 Å². The van der Waals surface area contributed by atoms with E-state index in [9.17, 15) is 9.59 Å². The minimum Gasteiger partial charge on any atom is -0.335 e. The number of amides is 2. The predicted octanol–water partition coefficient (Wildman–Crippen LogP) is 4.17. The number of hydrogen-bond donors (Lipinski definition) is 1. The summed E-state index contributed by atoms with van der Waals surface area (Å²) in [7, 11) is 0. The first-order valence-corrected chi connectivity index (χ1v) is 10.7. The van der Waals surface area contributed by atoms with Gasteiger partial charge in [0.15, 0.2) is 0 Å². The molecule has 0 bridgehead atoms. The third-order valence-corrected chi connectivity index (χ3v) is 5.95. The highest BCUT2D eigenvalue weighted by atomic mass is 79.9. The monoisotopic (exact) mass is 466 g/mol. The lowest BCUT2D eigenvalue weighted by molar-refractivity contribution is -0.132. The van der Waals surface area contributed by atoms with Crippen LogP contribution in [0.15, 0.2) is 65.3 Å². The highest BCUT2D eigenvalue weighted by Gasteiger charge is 2.30. The average Bonchev–Trinajstić information content (AvgIpc) is 3.16. The van der Waals surface area contributed by atoms with E-state index in [1.807, 2.05) is 42.5 Å². The number of nitrogens with one attached hydrogen (secondary N) is 1. The van der Waals surface area contributed by atoms with Crippen LogP contribution in [0.1, 0.15) is 36.1 Å². The molecule has 0 saturated carbocycles. The van der Waals surface area contributed by atoms with Crippen molar-refractivity contribution in [3.8, 4) is 0 Å². The summed E-state index contributed by atoms with van der Waals surface area (Å²) in [5, 5.41) is 7.31. The van der Waals surface area contributed by atoms with Crippen molar-refractivity contribution in [3.05, 3.63) is 82.0 Å². The zero-order valence-electron chi connectivity index (χ0n) is 16.7. The highest BCUT2D eigenvalue weighted by molar-refractivity contribution is 9.10. The number of carbonyl (C=O) groups excluding carboxylic acids is 2. The van der Waals surface area contributed by atoms with Crippen molar-refractivity contribution in [2.75, 3.05) is 11.9 Å². The van der Waals surface area contributed by atoms with Gasteiger partial charge in [-0.05, 0) is 35.2 Å². The summed E-state index contributed by atoms with van der Waals surface area (Å²) in [6, 6.07) is 17.6. The third kappa shape index (κ3) is 4.46. The Kier molecular flexibility index (Phi) is 5.99. The van der Waals surface area contributed by atoms with Crippen LogP contribution in [0.3, 0.4) is 0 Å². The predicted molar refractivity (Wildman–Crippen MR) is 119 cm³/mol. The molecule has 0 fully saturated rings. The van der Waals surface area contributed by atoms with Gasteiger partial charge in [0, 0.05) is 24.0 Å². The molecule has 154 valence electrons. The summed E-state index contributed by atoms with van der Waals surface area (Å²) in [5.74, 6) is 0.490. The van der Waals surface area contributed by atoms with E-state index in [-0.39, 0.29) is 24.3 Å². The highest BCUT2D eigenvalue weighted by Crippen LogP contribution is 2.32. The molecule has 6 nitrogen and oxygen atoms in total. The van der Waals surface area contributed by atoms with Crippen molar-refractivity contribution in [1.29, 1.82) is 0 Å². The molecule has 30 heavy (non-hydrogen) atoms. The molecule has 0 radical (unpaired) electrons. The molecule has 0 aliphatic carbocycles. The largest absolute Gasteiger partial charge is 0.335 e. The summed E-state index contributed by atoms with van der Waals surface area (Å²) in [4.78, 5) is 26.9. The molecular formula is C23H23BrN4O2. The first kappa shape index (κ1) is 20.3. The normalized spacial score (nSPS) is 15.5. The molecule has 1 aliphatic heterocycles. The van der Waals surface area contributed by atoms with Crippen molar-refractivity contribution in [2.24, 2.45) is 0 Å². The van der Waals surface area contributed by atoms with Gasteiger partial charge in [0.1, 0.15) is 5.82 Å². The van der Waals surface area contributed by atoms with E-state index in [0.29, 0.717) is 18.9 Å². The molecule has 1 unspecified atom stereocenters. The van der Waals surface area contributed by atoms with E-state index in [1.54, 1.807) is 28.8 Å². The molecule has 1 aromatic heterocycles. The lowest BCUT2D eigenvalue weighted by atomic mass is 9.90. The van der Waals surface area contributed by atoms with Crippen molar-refractivity contribution < 1.29 is 9.59 Å². The van der Waals surface area contributed by atoms with Crippen LogP contribution in [-0.2, 0) is 22.6 Å². The van der Waals surface area contributed by atoms with Crippen LogP contribution in [0.2, 0.25) is 0 Å². The third-order valence-electron chi connectivity index (χ3n) is 5.43. The molecule has 0 spiro atoms. The second-order valence-corrected chi connectivity index (χ2v) is 8.35. The summed E-state index contributed by atoms with van der Waals surface area (Å²) < 4.78 is 2.78. The number of hydrogen-bond acceptors (Lipinski definition) is 3. The maximum Gasteiger partial charge on any atom is 0.227 e. The summed E-state index contributed by atoms with van der Waals surface area (Å²) in [5.41, 5.74) is 3.34. The Bertz CT molecular complexity index is 1060. The van der Waals surface area contributed by atoms with Gasteiger partial charge in [-0.25, -0.2) is 4.68 Å². The SMILES string of the molecule is CC(=O)N1CCc2ccccc2C1CC(=O)Nc1ccnn1Cc1ccc(Br)cc1. The van der Waals surface area contributed by atoms with Crippen molar-refractivity contribution in [3.63, 3.8) is 0 Å². The van der Waals surface area contributed by atoms with Gasteiger partial charge in [0.25, 0.3) is 0 Å². The van der Waals surface area contributed by atoms with Crippen LogP contribution in [0, 0.1) is 0 Å². The summed E-state index contributed by atoms with van der Waals surface area (Å²) in [6.45, 7) is 2.75. The van der Waals surface area contributed by atoms with E-state index in [0.717, 1.165) is 22.0 Å². The smallest absolute Gasteiger partial charge is 0.227 e. The van der Waals surface area contributed by atoms with Crippen LogP contribution in [0.5, 0.6) is 0 Å². The number of rotatable bonds is 5. The Balaban J connectivity index is 1.49. The van der Waals surface area contributed by atoms with E-state index >= 15 is 0 Å². The maximum atomic E-state index is 12.9. The van der Waals surface area contributed by atoms with Gasteiger partial charge in [0.05, 0.1) is 25.2 Å². The first-order valence-electron chi connectivity index (χ1n) is 9.92. The first-order chi connectivity index (χ1) is 14.5. The second kappa shape index (κ2) is 8.83. The van der Waals surface area contributed by atoms with Crippen LogP contribution < -0.4 is 5.32 Å². The number of carbonyl (C=O) groups is 2. The van der Waals surface area contributed by atoms with Gasteiger partial charge in [-0.1, -0.05) is 52.3 Å². The van der Waals surface area contributed by atoms with E-state index in [4.69, 9.17) is 0 Å². The number of benzene rings is 2. The molecule has 4 rings (SSSR count). The molecule has 2 aromatic carbocycles. The Morgan fingerprint density at radius 1 is 1.13 bits per heavy atom. The fourth-order valence-electron chi connectivity index (χ4n) is 3.95. The number of aromatic nitrogens is 2. The maximum absolute atomic E-state index is 12.9. The van der Waals surface area contributed by atoms with Gasteiger partial charge >= 0.3 is 0 Å². The number of halogens is 1. The zero-order chi connectivity index (χ0) is 21.1. The molecule has 2 amide bonds. The molecule has 2 heterocycles. The zero-order valence-corrected chi connectivity index (χ0v) is 18.3. The van der Waals surface area contributed by atoms with Gasteiger partial charge in [-0.3, -0.25) is 9.59 Å². The lowest BCUT2D eigenvalue weighted by Gasteiger charge is -2.36. The molecule has 1 N–H and O–H groups in total. The Morgan fingerprint density at radius 2 is 1.90 bits per heavy atom. The van der Waals surface area contributed by atoms with Gasteiger partial charge < -0.3 is 10.2 Å². The molecule has 0 saturated heterocycles. The Hall–Kier alpha value is -2.93. The fraction of sp³-hybridized carbons (Fsp3) is 0.261. The fourth-order valence-corrected chi connectivity index (χ4v) is 4.21. The minimum absolute atomic E-state index is 0.0115. The van der Waals surface area contributed by atoms with E-state index in [2.05, 4.69) is 32.4 Å². The van der Waals surface area contributed by atoms with Crippen molar-refractivity contribution in [1.82, 2.24) is 14.7 Å². The van der Waals surface area contributed by atoms with Crippen LogP contribution in [-0.4, -0.2) is 33.0 Å². The second-order valence-electron chi connectivity index (χ2n) is 7.43. The standard InChI is InChI=1S/C23H23BrN4O2/c1-16(29)27-13-11-18-4-2-3-5-20(18)21(27)14-23(30)26-22-10-12-25-28(22)15-17-6-8-19(24)9-7-17/h2-10,12,21H,11,13-15H2,1H3,(H,26,30). The van der Waals surface area contributed by atoms with Crippen LogP contribution in [0.4, 0.5) is 5.82 Å². The quantitative estimate of drug-likeness (QED) is 0.613. The lowest BCUT2D eigenvalue weighted by Crippen LogP contribution is -2.40. The van der Waals surface area contributed by atoms with E-state index in [1.165, 1.54) is 5.56 Å². The minimum atomic E-state index is -0.254. The van der Waals surface area contributed by atoms with Crippen molar-refractivity contribution in [2.45, 2.75) is 32.4 Å². The van der Waals surface area contributed by atoms with Gasteiger partial charge in [-0.15, -0.1) is 0 Å². The molecular weight excluding hydrogens is 444 g/mol.